The number of rotatable bonds is 5. The summed E-state index contributed by atoms with van der Waals surface area (Å²) >= 11 is 0. The molecule has 0 radical (unpaired) electrons. The molecule has 2 aliphatic carbocycles. The molecule has 4 aliphatic rings. The molecule has 0 bridgehead atoms. The van der Waals surface area contributed by atoms with Crippen LogP contribution in [0.15, 0.2) is 24.4 Å². The third-order valence-corrected chi connectivity index (χ3v) is 7.14. The van der Waals surface area contributed by atoms with Gasteiger partial charge in [0, 0.05) is 37.0 Å². The van der Waals surface area contributed by atoms with Crippen molar-refractivity contribution < 1.29 is 19.0 Å². The van der Waals surface area contributed by atoms with Crippen molar-refractivity contribution >= 4 is 23.5 Å². The first-order chi connectivity index (χ1) is 16.1. The molecule has 10 heteroatoms. The number of methoxy groups -OCH3 is 1. The molecule has 0 atom stereocenters. The van der Waals surface area contributed by atoms with Crippen LogP contribution in [0.2, 0.25) is 0 Å². The molecule has 2 saturated heterocycles. The Bertz CT molecular complexity index is 1020. The van der Waals surface area contributed by atoms with Crippen LogP contribution >= 0.6 is 0 Å². The van der Waals surface area contributed by atoms with Crippen LogP contribution in [0.25, 0.3) is 0 Å². The van der Waals surface area contributed by atoms with E-state index < -0.39 is 0 Å². The summed E-state index contributed by atoms with van der Waals surface area (Å²) in [7, 11) is 1.52. The van der Waals surface area contributed by atoms with E-state index in [9.17, 15) is 4.79 Å². The van der Waals surface area contributed by atoms with Crippen molar-refractivity contribution in [3.05, 3.63) is 30.0 Å². The fraction of sp³-hybridized carbons (Fsp3) is 0.565. The van der Waals surface area contributed by atoms with Crippen molar-refractivity contribution in [3.8, 4) is 5.88 Å². The summed E-state index contributed by atoms with van der Waals surface area (Å²) < 4.78 is 16.7. The lowest BCUT2D eigenvalue weighted by Gasteiger charge is -2.39. The minimum absolute atomic E-state index is 0.0197. The van der Waals surface area contributed by atoms with E-state index in [0.717, 1.165) is 50.4 Å². The first kappa shape index (κ1) is 20.6. The predicted octanol–water partition coefficient (Wildman–Crippen LogP) is 1.87. The zero-order valence-corrected chi connectivity index (χ0v) is 18.7. The van der Waals surface area contributed by atoms with E-state index in [1.54, 1.807) is 18.3 Å². The predicted molar refractivity (Wildman–Crippen MR) is 121 cm³/mol. The summed E-state index contributed by atoms with van der Waals surface area (Å²) in [6, 6.07) is 5.31. The Morgan fingerprint density at radius 2 is 1.61 bits per heavy atom. The number of carbonyl (C=O) groups excluding carboxylic acids is 1. The van der Waals surface area contributed by atoms with Crippen LogP contribution in [0.4, 0.5) is 17.6 Å². The zero-order valence-electron chi connectivity index (χ0n) is 18.7. The second-order valence-corrected chi connectivity index (χ2v) is 9.31. The van der Waals surface area contributed by atoms with Gasteiger partial charge in [-0.25, -0.2) is 4.98 Å². The van der Waals surface area contributed by atoms with Crippen LogP contribution in [0.1, 0.15) is 36.0 Å². The molecule has 2 spiro atoms. The molecule has 0 unspecified atom stereocenters. The quantitative estimate of drug-likeness (QED) is 0.728. The van der Waals surface area contributed by atoms with Crippen LogP contribution in [0, 0.1) is 0 Å². The highest BCUT2D eigenvalue weighted by molar-refractivity contribution is 6.03. The Balaban J connectivity index is 1.35. The lowest BCUT2D eigenvalue weighted by atomic mass is 10.2. The minimum Gasteiger partial charge on any atom is -0.481 e. The SMILES string of the molecule is COc1cc(C(=O)Nc2nc(N3CCOCC34CC4)cc(N3CCOCC34CC4)n2)ccn1. The van der Waals surface area contributed by atoms with Gasteiger partial charge < -0.3 is 24.0 Å². The molecule has 4 heterocycles. The topological polar surface area (TPSA) is 102 Å². The van der Waals surface area contributed by atoms with E-state index in [0.29, 0.717) is 43.8 Å². The van der Waals surface area contributed by atoms with Crippen molar-refractivity contribution in [2.24, 2.45) is 0 Å². The average molecular weight is 453 g/mol. The van der Waals surface area contributed by atoms with Gasteiger partial charge in [0.15, 0.2) is 0 Å². The van der Waals surface area contributed by atoms with E-state index in [1.807, 2.05) is 0 Å². The molecular weight excluding hydrogens is 424 g/mol. The summed E-state index contributed by atoms with van der Waals surface area (Å²) in [5.41, 5.74) is 0.477. The van der Waals surface area contributed by atoms with Crippen molar-refractivity contribution in [2.45, 2.75) is 36.8 Å². The summed E-state index contributed by atoms with van der Waals surface area (Å²) in [6.07, 6.45) is 5.91. The largest absolute Gasteiger partial charge is 0.481 e. The molecule has 1 amide bonds. The second-order valence-electron chi connectivity index (χ2n) is 9.31. The summed E-state index contributed by atoms with van der Waals surface area (Å²) in [5, 5.41) is 2.90. The van der Waals surface area contributed by atoms with Gasteiger partial charge in [0.1, 0.15) is 11.6 Å². The van der Waals surface area contributed by atoms with E-state index in [4.69, 9.17) is 24.2 Å². The number of anilines is 3. The van der Waals surface area contributed by atoms with Gasteiger partial charge in [0.2, 0.25) is 11.8 Å². The highest BCUT2D eigenvalue weighted by Gasteiger charge is 2.52. The number of carbonyl (C=O) groups is 1. The molecular formula is C23H28N6O4. The second kappa shape index (κ2) is 7.81. The number of amides is 1. The molecule has 6 rings (SSSR count). The minimum atomic E-state index is -0.301. The summed E-state index contributed by atoms with van der Waals surface area (Å²) in [4.78, 5) is 31.3. The molecule has 33 heavy (non-hydrogen) atoms. The molecule has 1 N–H and O–H groups in total. The number of nitrogens with zero attached hydrogens (tertiary/aromatic N) is 5. The summed E-state index contributed by atoms with van der Waals surface area (Å²) in [6.45, 7) is 4.32. The van der Waals surface area contributed by atoms with Gasteiger partial charge in [-0.2, -0.15) is 9.97 Å². The number of pyridine rings is 1. The van der Waals surface area contributed by atoms with Crippen LogP contribution in [-0.2, 0) is 9.47 Å². The Labute approximate surface area is 192 Å². The highest BCUT2D eigenvalue weighted by Crippen LogP contribution is 2.48. The van der Waals surface area contributed by atoms with E-state index in [-0.39, 0.29) is 17.0 Å². The van der Waals surface area contributed by atoms with Crippen LogP contribution in [-0.4, -0.2) is 78.6 Å². The molecule has 4 fully saturated rings. The molecule has 2 aromatic heterocycles. The van der Waals surface area contributed by atoms with Gasteiger partial charge in [0.05, 0.1) is 44.6 Å². The maximum absolute atomic E-state index is 13.0. The fourth-order valence-electron chi connectivity index (χ4n) is 4.89. The maximum atomic E-state index is 13.0. The molecule has 2 saturated carbocycles. The van der Waals surface area contributed by atoms with Gasteiger partial charge >= 0.3 is 0 Å². The third-order valence-electron chi connectivity index (χ3n) is 7.14. The molecule has 2 aromatic rings. The number of hydrogen-bond acceptors (Lipinski definition) is 9. The number of morpholine rings is 2. The number of nitrogens with one attached hydrogen (secondary N) is 1. The van der Waals surface area contributed by atoms with Crippen molar-refractivity contribution in [1.29, 1.82) is 0 Å². The number of aromatic nitrogens is 3. The van der Waals surface area contributed by atoms with Crippen molar-refractivity contribution in [3.63, 3.8) is 0 Å². The Morgan fingerprint density at radius 1 is 1.00 bits per heavy atom. The average Bonchev–Trinajstić information content (AvgIpc) is 3.78. The van der Waals surface area contributed by atoms with Gasteiger partial charge in [-0.15, -0.1) is 0 Å². The van der Waals surface area contributed by atoms with Crippen molar-refractivity contribution in [2.75, 3.05) is 61.7 Å². The smallest absolute Gasteiger partial charge is 0.258 e. The van der Waals surface area contributed by atoms with Crippen molar-refractivity contribution in [1.82, 2.24) is 15.0 Å². The van der Waals surface area contributed by atoms with Gasteiger partial charge in [-0.05, 0) is 31.7 Å². The van der Waals surface area contributed by atoms with Gasteiger partial charge in [0.25, 0.3) is 5.91 Å². The lowest BCUT2D eigenvalue weighted by molar-refractivity contribution is 0.0852. The molecule has 10 nitrogen and oxygen atoms in total. The first-order valence-electron chi connectivity index (χ1n) is 11.5. The zero-order chi connectivity index (χ0) is 22.5. The normalized spacial score (nSPS) is 22.3. The first-order valence-corrected chi connectivity index (χ1v) is 11.5. The standard InChI is InChI=1S/C23H28N6O4/c1-31-19-12-16(2-7-24-19)20(30)27-21-25-17(28-8-10-32-14-22(28)3-4-22)13-18(26-21)29-9-11-33-15-23(29)5-6-23/h2,7,12-13H,3-6,8-11,14-15H2,1H3,(H,25,26,27,30). The maximum Gasteiger partial charge on any atom is 0.258 e. The van der Waals surface area contributed by atoms with Crippen LogP contribution < -0.4 is 19.9 Å². The van der Waals surface area contributed by atoms with E-state index in [2.05, 4.69) is 26.2 Å². The Kier molecular flexibility index (Phi) is 4.88. The lowest BCUT2D eigenvalue weighted by Crippen LogP contribution is -2.49. The third kappa shape index (κ3) is 3.76. The van der Waals surface area contributed by atoms with E-state index >= 15 is 0 Å². The number of hydrogen-bond donors (Lipinski definition) is 1. The van der Waals surface area contributed by atoms with E-state index in [1.165, 1.54) is 7.11 Å². The Hall–Kier alpha value is -2.98. The van der Waals surface area contributed by atoms with Crippen LogP contribution in [0.5, 0.6) is 5.88 Å². The van der Waals surface area contributed by atoms with Crippen LogP contribution in [0.3, 0.4) is 0 Å². The fourth-order valence-corrected chi connectivity index (χ4v) is 4.89. The van der Waals surface area contributed by atoms with Gasteiger partial charge in [-0.3, -0.25) is 10.1 Å². The molecule has 174 valence electrons. The summed E-state index contributed by atoms with van der Waals surface area (Å²) in [5.74, 6) is 2.06. The number of ether oxygens (including phenoxy) is 3. The van der Waals surface area contributed by atoms with Gasteiger partial charge in [-0.1, -0.05) is 0 Å². The molecule has 2 aliphatic heterocycles. The monoisotopic (exact) mass is 452 g/mol. The highest BCUT2D eigenvalue weighted by atomic mass is 16.5. The molecule has 0 aromatic carbocycles. The Morgan fingerprint density at radius 3 is 2.15 bits per heavy atom.